The molecule has 6 rings (SSSR count). The van der Waals surface area contributed by atoms with E-state index in [1.54, 1.807) is 6.08 Å². The fourth-order valence-corrected chi connectivity index (χ4v) is 5.20. The topological polar surface area (TPSA) is 17.8 Å². The molecular weight excluding hydrogens is 472 g/mol. The SMILES string of the molecule is C=C/C=C(\C=C)c1cc(-c2ccc(C=C)cc2)nc(-c2cccc(-n3c4ccccc4c4ccccc43)c2)c1. The molecule has 6 aromatic rings. The zero-order valence-corrected chi connectivity index (χ0v) is 21.7. The lowest BCUT2D eigenvalue weighted by atomic mass is 9.99. The molecule has 0 saturated heterocycles. The number of fused-ring (bicyclic) bond motifs is 3. The minimum atomic E-state index is 0.898. The Morgan fingerprint density at radius 2 is 1.28 bits per heavy atom. The van der Waals surface area contributed by atoms with Gasteiger partial charge >= 0.3 is 0 Å². The van der Waals surface area contributed by atoms with E-state index in [1.165, 1.54) is 21.8 Å². The molecular formula is C37H28N2. The summed E-state index contributed by atoms with van der Waals surface area (Å²) in [7, 11) is 0. The second-order valence-electron chi connectivity index (χ2n) is 9.43. The highest BCUT2D eigenvalue weighted by Crippen LogP contribution is 2.34. The van der Waals surface area contributed by atoms with Gasteiger partial charge in [-0.3, -0.25) is 0 Å². The summed E-state index contributed by atoms with van der Waals surface area (Å²) in [5.74, 6) is 0. The molecule has 0 amide bonds. The van der Waals surface area contributed by atoms with Crippen molar-refractivity contribution in [3.8, 4) is 28.2 Å². The molecule has 0 aliphatic heterocycles. The molecule has 0 fully saturated rings. The first-order valence-electron chi connectivity index (χ1n) is 13.0. The maximum Gasteiger partial charge on any atom is 0.0716 e. The van der Waals surface area contributed by atoms with E-state index in [2.05, 4.69) is 133 Å². The van der Waals surface area contributed by atoms with Crippen LogP contribution in [0.5, 0.6) is 0 Å². The van der Waals surface area contributed by atoms with Crippen molar-refractivity contribution in [2.75, 3.05) is 0 Å². The van der Waals surface area contributed by atoms with Gasteiger partial charge in [0.1, 0.15) is 0 Å². The van der Waals surface area contributed by atoms with Gasteiger partial charge in [-0.15, -0.1) is 0 Å². The number of aromatic nitrogens is 2. The zero-order chi connectivity index (χ0) is 26.8. The average molecular weight is 501 g/mol. The fraction of sp³-hybridized carbons (Fsp3) is 0. The molecule has 186 valence electrons. The van der Waals surface area contributed by atoms with E-state index in [0.717, 1.165) is 44.9 Å². The summed E-state index contributed by atoms with van der Waals surface area (Å²) < 4.78 is 2.33. The number of para-hydroxylation sites is 2. The Morgan fingerprint density at radius 1 is 0.641 bits per heavy atom. The Kier molecular flexibility index (Phi) is 6.36. The lowest BCUT2D eigenvalue weighted by Gasteiger charge is -2.13. The van der Waals surface area contributed by atoms with E-state index in [4.69, 9.17) is 4.98 Å². The van der Waals surface area contributed by atoms with Crippen LogP contribution in [-0.2, 0) is 0 Å². The largest absolute Gasteiger partial charge is 0.309 e. The summed E-state index contributed by atoms with van der Waals surface area (Å²) in [6.45, 7) is 11.8. The van der Waals surface area contributed by atoms with Crippen LogP contribution in [0.4, 0.5) is 0 Å². The molecule has 2 nitrogen and oxygen atoms in total. The van der Waals surface area contributed by atoms with Crippen LogP contribution in [0.15, 0.2) is 147 Å². The van der Waals surface area contributed by atoms with Gasteiger partial charge in [0.2, 0.25) is 0 Å². The predicted octanol–water partition coefficient (Wildman–Crippen LogP) is 9.91. The summed E-state index contributed by atoms with van der Waals surface area (Å²) in [5, 5.41) is 2.49. The summed E-state index contributed by atoms with van der Waals surface area (Å²) in [5.41, 5.74) is 10.5. The van der Waals surface area contributed by atoms with E-state index in [0.29, 0.717) is 0 Å². The molecule has 0 aliphatic carbocycles. The van der Waals surface area contributed by atoms with Crippen LogP contribution >= 0.6 is 0 Å². The lowest BCUT2D eigenvalue weighted by molar-refractivity contribution is 1.18. The van der Waals surface area contributed by atoms with Crippen LogP contribution in [0.2, 0.25) is 0 Å². The normalized spacial score (nSPS) is 11.5. The molecule has 39 heavy (non-hydrogen) atoms. The molecule has 0 N–H and O–H groups in total. The Labute approximate surface area is 229 Å². The van der Waals surface area contributed by atoms with Crippen molar-refractivity contribution in [1.29, 1.82) is 0 Å². The van der Waals surface area contributed by atoms with Crippen molar-refractivity contribution in [3.05, 3.63) is 158 Å². The molecule has 2 aromatic heterocycles. The van der Waals surface area contributed by atoms with Crippen molar-refractivity contribution in [3.63, 3.8) is 0 Å². The highest BCUT2D eigenvalue weighted by molar-refractivity contribution is 6.09. The number of allylic oxidation sites excluding steroid dienone is 4. The van der Waals surface area contributed by atoms with Crippen molar-refractivity contribution >= 4 is 33.5 Å². The summed E-state index contributed by atoms with van der Waals surface area (Å²) >= 11 is 0. The molecule has 0 aliphatic rings. The van der Waals surface area contributed by atoms with Gasteiger partial charge in [-0.2, -0.15) is 0 Å². The third kappa shape index (κ3) is 4.43. The Balaban J connectivity index is 1.55. The predicted molar refractivity (Wildman–Crippen MR) is 168 cm³/mol. The molecule has 0 radical (unpaired) electrons. The molecule has 2 heteroatoms. The molecule has 0 unspecified atom stereocenters. The van der Waals surface area contributed by atoms with Crippen LogP contribution in [0.3, 0.4) is 0 Å². The summed E-state index contributed by atoms with van der Waals surface area (Å²) in [4.78, 5) is 5.13. The highest BCUT2D eigenvalue weighted by atomic mass is 15.0. The second kappa shape index (κ2) is 10.3. The van der Waals surface area contributed by atoms with E-state index in [-0.39, 0.29) is 0 Å². The molecule has 0 atom stereocenters. The first-order chi connectivity index (χ1) is 19.2. The first-order valence-corrected chi connectivity index (χ1v) is 13.0. The third-order valence-electron chi connectivity index (χ3n) is 7.10. The Hall–Kier alpha value is -5.21. The minimum Gasteiger partial charge on any atom is -0.309 e. The van der Waals surface area contributed by atoms with E-state index in [1.807, 2.05) is 18.2 Å². The van der Waals surface area contributed by atoms with Gasteiger partial charge in [0.15, 0.2) is 0 Å². The molecule has 2 heterocycles. The standard InChI is InChI=1S/C37H28N2/c1-4-12-27(6-3)30-24-34(28-21-19-26(5-2)20-22-28)38-35(25-30)29-13-11-14-31(23-29)39-36-17-9-7-15-32(36)33-16-8-10-18-37(33)39/h4-25H,1-3H2/b27-12+. The van der Waals surface area contributed by atoms with Crippen LogP contribution in [0.25, 0.3) is 61.7 Å². The first kappa shape index (κ1) is 24.1. The zero-order valence-electron chi connectivity index (χ0n) is 21.7. The highest BCUT2D eigenvalue weighted by Gasteiger charge is 2.14. The number of benzene rings is 4. The van der Waals surface area contributed by atoms with Gasteiger partial charge in [-0.25, -0.2) is 4.98 Å². The van der Waals surface area contributed by atoms with E-state index < -0.39 is 0 Å². The monoisotopic (exact) mass is 500 g/mol. The van der Waals surface area contributed by atoms with Crippen molar-refractivity contribution in [2.24, 2.45) is 0 Å². The number of hydrogen-bond acceptors (Lipinski definition) is 1. The van der Waals surface area contributed by atoms with Gasteiger partial charge < -0.3 is 4.57 Å². The number of hydrogen-bond donors (Lipinski definition) is 0. The van der Waals surface area contributed by atoms with Crippen LogP contribution in [0.1, 0.15) is 11.1 Å². The van der Waals surface area contributed by atoms with Gasteiger partial charge in [0.05, 0.1) is 22.4 Å². The van der Waals surface area contributed by atoms with Crippen LogP contribution in [-0.4, -0.2) is 9.55 Å². The minimum absolute atomic E-state index is 0.898. The average Bonchev–Trinajstić information content (AvgIpc) is 3.34. The summed E-state index contributed by atoms with van der Waals surface area (Å²) in [6.07, 6.45) is 7.48. The third-order valence-corrected chi connectivity index (χ3v) is 7.10. The van der Waals surface area contributed by atoms with Crippen molar-refractivity contribution < 1.29 is 0 Å². The van der Waals surface area contributed by atoms with Gasteiger partial charge in [0, 0.05) is 27.6 Å². The van der Waals surface area contributed by atoms with E-state index in [9.17, 15) is 0 Å². The van der Waals surface area contributed by atoms with Crippen LogP contribution < -0.4 is 0 Å². The van der Waals surface area contributed by atoms with Crippen molar-refractivity contribution in [1.82, 2.24) is 9.55 Å². The molecule has 0 bridgehead atoms. The number of nitrogens with zero attached hydrogens (tertiary/aromatic N) is 2. The second-order valence-corrected chi connectivity index (χ2v) is 9.43. The van der Waals surface area contributed by atoms with E-state index >= 15 is 0 Å². The fourth-order valence-electron chi connectivity index (χ4n) is 5.20. The number of pyridine rings is 1. The Morgan fingerprint density at radius 3 is 1.90 bits per heavy atom. The van der Waals surface area contributed by atoms with Gasteiger partial charge in [-0.1, -0.05) is 117 Å². The number of rotatable bonds is 7. The molecule has 0 saturated carbocycles. The lowest BCUT2D eigenvalue weighted by Crippen LogP contribution is -1.96. The van der Waals surface area contributed by atoms with Crippen molar-refractivity contribution in [2.45, 2.75) is 0 Å². The molecule has 4 aromatic carbocycles. The smallest absolute Gasteiger partial charge is 0.0716 e. The molecule has 0 spiro atoms. The Bertz CT molecular complexity index is 1850. The van der Waals surface area contributed by atoms with Gasteiger partial charge in [0.25, 0.3) is 0 Å². The quantitative estimate of drug-likeness (QED) is 0.199. The van der Waals surface area contributed by atoms with Gasteiger partial charge in [-0.05, 0) is 53.1 Å². The maximum absolute atomic E-state index is 5.13. The summed E-state index contributed by atoms with van der Waals surface area (Å²) in [6, 6.07) is 38.3. The van der Waals surface area contributed by atoms with Crippen LogP contribution in [0, 0.1) is 0 Å². The maximum atomic E-state index is 5.13.